The largest absolute Gasteiger partial charge is 0.142 e. The maximum atomic E-state index is 4.79. The van der Waals surface area contributed by atoms with Crippen LogP contribution in [-0.2, 0) is 0 Å². The summed E-state index contributed by atoms with van der Waals surface area (Å²) in [5.74, 6) is 0.610. The molecule has 2 heteroatoms. The molecular formula is C20H14S2. The first kappa shape index (κ1) is 12.9. The van der Waals surface area contributed by atoms with Crippen molar-refractivity contribution in [3.8, 4) is 0 Å². The van der Waals surface area contributed by atoms with Crippen molar-refractivity contribution in [1.29, 1.82) is 0 Å². The summed E-state index contributed by atoms with van der Waals surface area (Å²) in [5.41, 5.74) is 8.47. The molecule has 0 spiro atoms. The Labute approximate surface area is 141 Å². The molecule has 0 saturated heterocycles. The van der Waals surface area contributed by atoms with E-state index < -0.39 is 0 Å². The van der Waals surface area contributed by atoms with Crippen LogP contribution >= 0.6 is 25.3 Å². The van der Waals surface area contributed by atoms with Crippen LogP contribution in [0.15, 0.2) is 70.5 Å². The average Bonchev–Trinajstić information content (AvgIpc) is 2.58. The van der Waals surface area contributed by atoms with Crippen molar-refractivity contribution in [3.05, 3.63) is 94.0 Å². The second-order valence-electron chi connectivity index (χ2n) is 6.06. The van der Waals surface area contributed by atoms with Crippen LogP contribution in [0.2, 0.25) is 0 Å². The lowest BCUT2D eigenvalue weighted by Gasteiger charge is -2.42. The predicted octanol–water partition coefficient (Wildman–Crippen LogP) is 5.25. The molecule has 0 saturated carbocycles. The molecule has 0 aliphatic heterocycles. The van der Waals surface area contributed by atoms with Gasteiger partial charge in [-0.05, 0) is 39.4 Å². The Bertz CT molecular complexity index is 879. The standard InChI is InChI=1S/C20H14S2/c21-16-10-9-15-17-11-5-1-3-7-13(11)18(19(15)20(16)22)14-8-4-2-6-12(14)17/h1-10,17-18,21-22H. The molecule has 0 N–H and O–H groups in total. The first-order chi connectivity index (χ1) is 10.8. The van der Waals surface area contributed by atoms with E-state index in [9.17, 15) is 0 Å². The van der Waals surface area contributed by atoms with Crippen molar-refractivity contribution in [2.24, 2.45) is 0 Å². The molecule has 3 aliphatic carbocycles. The number of rotatable bonds is 0. The van der Waals surface area contributed by atoms with E-state index in [0.717, 1.165) is 9.79 Å². The minimum atomic E-state index is 0.284. The van der Waals surface area contributed by atoms with E-state index in [0.29, 0.717) is 5.92 Å². The van der Waals surface area contributed by atoms with Crippen LogP contribution in [0.4, 0.5) is 0 Å². The zero-order valence-corrected chi connectivity index (χ0v) is 13.6. The number of thiol groups is 2. The van der Waals surface area contributed by atoms with Crippen LogP contribution in [0.1, 0.15) is 45.2 Å². The molecule has 0 amide bonds. The van der Waals surface area contributed by atoms with Crippen molar-refractivity contribution >= 4 is 25.3 Å². The zero-order valence-electron chi connectivity index (χ0n) is 11.8. The van der Waals surface area contributed by atoms with E-state index in [2.05, 4.69) is 73.3 Å². The topological polar surface area (TPSA) is 0 Å². The third-order valence-electron chi connectivity index (χ3n) is 5.07. The third kappa shape index (κ3) is 1.47. The van der Waals surface area contributed by atoms with Gasteiger partial charge >= 0.3 is 0 Å². The number of hydrogen-bond acceptors (Lipinski definition) is 2. The molecule has 6 rings (SSSR count). The second kappa shape index (κ2) is 4.43. The SMILES string of the molecule is Sc1ccc2c(c1S)C1c3ccccc3C2c2ccccc21. The van der Waals surface area contributed by atoms with Gasteiger partial charge < -0.3 is 0 Å². The van der Waals surface area contributed by atoms with Crippen LogP contribution < -0.4 is 0 Å². The lowest BCUT2D eigenvalue weighted by molar-refractivity contribution is 0.732. The van der Waals surface area contributed by atoms with Crippen molar-refractivity contribution in [3.63, 3.8) is 0 Å². The van der Waals surface area contributed by atoms with Crippen molar-refractivity contribution < 1.29 is 0 Å². The molecule has 0 unspecified atom stereocenters. The summed E-state index contributed by atoms with van der Waals surface area (Å²) in [7, 11) is 0. The predicted molar refractivity (Wildman–Crippen MR) is 95.7 cm³/mol. The van der Waals surface area contributed by atoms with Gasteiger partial charge in [0.05, 0.1) is 0 Å². The van der Waals surface area contributed by atoms with Gasteiger partial charge in [0.25, 0.3) is 0 Å². The van der Waals surface area contributed by atoms with Crippen LogP contribution in [-0.4, -0.2) is 0 Å². The lowest BCUT2D eigenvalue weighted by Crippen LogP contribution is -2.27. The highest BCUT2D eigenvalue weighted by Gasteiger charge is 2.41. The quantitative estimate of drug-likeness (QED) is 0.358. The molecule has 0 aromatic heterocycles. The Balaban J connectivity index is 1.94. The monoisotopic (exact) mass is 318 g/mol. The van der Waals surface area contributed by atoms with Gasteiger partial charge in [-0.25, -0.2) is 0 Å². The molecule has 0 radical (unpaired) electrons. The minimum Gasteiger partial charge on any atom is -0.142 e. The fraction of sp³-hybridized carbons (Fsp3) is 0.100. The highest BCUT2D eigenvalue weighted by molar-refractivity contribution is 7.83. The van der Waals surface area contributed by atoms with Crippen molar-refractivity contribution in [2.45, 2.75) is 21.6 Å². The van der Waals surface area contributed by atoms with E-state index >= 15 is 0 Å². The minimum absolute atomic E-state index is 0.284. The molecule has 22 heavy (non-hydrogen) atoms. The van der Waals surface area contributed by atoms with Crippen LogP contribution in [0.25, 0.3) is 0 Å². The second-order valence-corrected chi connectivity index (χ2v) is 6.99. The molecule has 106 valence electrons. The van der Waals surface area contributed by atoms with Crippen LogP contribution in [0.3, 0.4) is 0 Å². The number of hydrogen-bond donors (Lipinski definition) is 2. The van der Waals surface area contributed by atoms with Gasteiger partial charge in [-0.1, -0.05) is 54.6 Å². The molecule has 0 atom stereocenters. The molecule has 0 fully saturated rings. The summed E-state index contributed by atoms with van der Waals surface area (Å²) < 4.78 is 0. The van der Waals surface area contributed by atoms with E-state index in [1.165, 1.54) is 33.4 Å². The van der Waals surface area contributed by atoms with Crippen molar-refractivity contribution in [1.82, 2.24) is 0 Å². The van der Waals surface area contributed by atoms with E-state index in [1.807, 2.05) is 0 Å². The Morgan fingerprint density at radius 2 is 1.05 bits per heavy atom. The normalized spacial score (nSPS) is 20.3. The summed E-state index contributed by atoms with van der Waals surface area (Å²) >= 11 is 9.38. The Morgan fingerprint density at radius 1 is 0.545 bits per heavy atom. The van der Waals surface area contributed by atoms with Gasteiger partial charge in [-0.3, -0.25) is 0 Å². The van der Waals surface area contributed by atoms with E-state index in [1.54, 1.807) is 0 Å². The molecule has 3 aliphatic rings. The average molecular weight is 318 g/mol. The fourth-order valence-electron chi connectivity index (χ4n) is 4.22. The molecule has 2 bridgehead atoms. The van der Waals surface area contributed by atoms with Gasteiger partial charge in [0.2, 0.25) is 0 Å². The van der Waals surface area contributed by atoms with Gasteiger partial charge in [-0.15, -0.1) is 25.3 Å². The van der Waals surface area contributed by atoms with Crippen LogP contribution in [0, 0.1) is 0 Å². The van der Waals surface area contributed by atoms with Gasteiger partial charge in [0.15, 0.2) is 0 Å². The Morgan fingerprint density at radius 3 is 1.59 bits per heavy atom. The van der Waals surface area contributed by atoms with E-state index in [-0.39, 0.29) is 5.92 Å². The van der Waals surface area contributed by atoms with Crippen molar-refractivity contribution in [2.75, 3.05) is 0 Å². The molecule has 3 aromatic rings. The maximum Gasteiger partial charge on any atom is 0.0360 e. The fourth-order valence-corrected chi connectivity index (χ4v) is 4.75. The first-order valence-electron chi connectivity index (χ1n) is 7.49. The highest BCUT2D eigenvalue weighted by atomic mass is 32.1. The highest BCUT2D eigenvalue weighted by Crippen LogP contribution is 2.57. The summed E-state index contributed by atoms with van der Waals surface area (Å²) in [6.07, 6.45) is 0. The van der Waals surface area contributed by atoms with Gasteiger partial charge in [-0.2, -0.15) is 0 Å². The lowest BCUT2D eigenvalue weighted by atomic mass is 9.61. The molecule has 0 nitrogen and oxygen atoms in total. The maximum absolute atomic E-state index is 4.79. The Kier molecular flexibility index (Phi) is 2.59. The van der Waals surface area contributed by atoms with E-state index in [4.69, 9.17) is 12.6 Å². The molecule has 3 aromatic carbocycles. The first-order valence-corrected chi connectivity index (χ1v) is 8.39. The summed E-state index contributed by atoms with van der Waals surface area (Å²) in [5, 5.41) is 0. The van der Waals surface area contributed by atoms with Gasteiger partial charge in [0.1, 0.15) is 0 Å². The summed E-state index contributed by atoms with van der Waals surface area (Å²) in [4.78, 5) is 1.99. The van der Waals surface area contributed by atoms with Crippen LogP contribution in [0.5, 0.6) is 0 Å². The third-order valence-corrected chi connectivity index (χ3v) is 6.10. The molecular weight excluding hydrogens is 304 g/mol. The zero-order chi connectivity index (χ0) is 14.8. The summed E-state index contributed by atoms with van der Waals surface area (Å²) in [6, 6.07) is 22.0. The van der Waals surface area contributed by atoms with Gasteiger partial charge in [0, 0.05) is 21.6 Å². The molecule has 0 heterocycles. The smallest absolute Gasteiger partial charge is 0.0360 e. The Hall–Kier alpha value is -1.64. The summed E-state index contributed by atoms with van der Waals surface area (Å²) in [6.45, 7) is 0. The number of benzene rings is 3.